The Hall–Kier alpha value is -4.32. The molecule has 1 N–H and O–H groups in total. The van der Waals surface area contributed by atoms with Crippen LogP contribution in [0.3, 0.4) is 0 Å². The minimum atomic E-state index is -1.27. The Bertz CT molecular complexity index is 1420. The molecule has 2 saturated heterocycles. The number of aromatic nitrogens is 2. The van der Waals surface area contributed by atoms with Crippen LogP contribution < -0.4 is 10.1 Å². The van der Waals surface area contributed by atoms with E-state index >= 15 is 0 Å². The number of unbranched alkanes of at least 4 members (excludes halogenated alkanes) is 1. The average molecular weight is 624 g/mol. The van der Waals surface area contributed by atoms with Gasteiger partial charge in [-0.05, 0) is 55.0 Å². The van der Waals surface area contributed by atoms with Crippen LogP contribution in [0, 0.1) is 11.6 Å². The maximum absolute atomic E-state index is 14.9. The van der Waals surface area contributed by atoms with Crippen LogP contribution >= 0.6 is 0 Å². The summed E-state index contributed by atoms with van der Waals surface area (Å²) in [7, 11) is 0. The number of likely N-dealkylation sites (tertiary alicyclic amines) is 2. The molecular formula is C33H39F2N5O5. The van der Waals surface area contributed by atoms with Gasteiger partial charge in [0, 0.05) is 25.6 Å². The van der Waals surface area contributed by atoms with Gasteiger partial charge in [-0.3, -0.25) is 9.80 Å². The number of ether oxygens (including phenoxy) is 3. The standard InChI is InChI=1S/C33H39F2N5O5/c1-2-3-16-43-31(41)38-30-10-7-14-40(32(42)44-21-24-8-5-4-6-9-24)33(30,22-45-27-18-36-23-37-19-27)39-15-13-25(20-39)28-17-26(34)11-12-29(28)35/h4-6,8-9,11-12,17-19,23,25,30H,2-3,7,10,13-16,20-22H2,1H3,(H,38,41). The molecule has 2 aliphatic rings. The van der Waals surface area contributed by atoms with Gasteiger partial charge in [-0.25, -0.2) is 28.3 Å². The summed E-state index contributed by atoms with van der Waals surface area (Å²) in [4.78, 5) is 38.8. The van der Waals surface area contributed by atoms with E-state index in [1.54, 1.807) is 4.90 Å². The molecule has 5 rings (SSSR count). The van der Waals surface area contributed by atoms with Crippen molar-refractivity contribution in [2.45, 2.75) is 63.3 Å². The Morgan fingerprint density at radius 1 is 1.04 bits per heavy atom. The SMILES string of the molecule is CCCCOC(=O)NC1CCCN(C(=O)OCc2ccccc2)C1(COc1cncnc1)N1CCC(c2cc(F)ccc2F)C1. The molecule has 0 aliphatic carbocycles. The van der Waals surface area contributed by atoms with Gasteiger partial charge in [-0.2, -0.15) is 0 Å². The molecule has 3 aromatic rings. The molecule has 45 heavy (non-hydrogen) atoms. The molecule has 3 atom stereocenters. The summed E-state index contributed by atoms with van der Waals surface area (Å²) in [5.41, 5.74) is -0.185. The van der Waals surface area contributed by atoms with Crippen molar-refractivity contribution in [2.24, 2.45) is 0 Å². The molecule has 2 amide bonds. The van der Waals surface area contributed by atoms with Gasteiger partial charge in [0.15, 0.2) is 11.4 Å². The maximum Gasteiger partial charge on any atom is 0.411 e. The predicted molar refractivity (Wildman–Crippen MR) is 161 cm³/mol. The number of alkyl carbamates (subject to hydrolysis) is 1. The largest absolute Gasteiger partial charge is 0.486 e. The number of rotatable bonds is 11. The summed E-state index contributed by atoms with van der Waals surface area (Å²) in [6.07, 6.45) is 6.37. The third kappa shape index (κ3) is 7.67. The minimum Gasteiger partial charge on any atom is -0.486 e. The Morgan fingerprint density at radius 2 is 1.84 bits per heavy atom. The lowest BCUT2D eigenvalue weighted by Gasteiger charge is -2.55. The van der Waals surface area contributed by atoms with E-state index in [2.05, 4.69) is 15.3 Å². The lowest BCUT2D eigenvalue weighted by molar-refractivity contribution is -0.109. The van der Waals surface area contributed by atoms with Crippen LogP contribution in [0.25, 0.3) is 0 Å². The van der Waals surface area contributed by atoms with Gasteiger partial charge >= 0.3 is 12.2 Å². The molecule has 2 aromatic carbocycles. The third-order valence-electron chi connectivity index (χ3n) is 8.47. The number of hydrogen-bond acceptors (Lipinski definition) is 8. The van der Waals surface area contributed by atoms with Gasteiger partial charge in [0.2, 0.25) is 0 Å². The topological polar surface area (TPSA) is 106 Å². The number of halogens is 2. The van der Waals surface area contributed by atoms with Crippen molar-refractivity contribution in [1.29, 1.82) is 0 Å². The normalized spacial score (nSPS) is 21.7. The molecule has 3 unspecified atom stereocenters. The fourth-order valence-corrected chi connectivity index (χ4v) is 6.20. The van der Waals surface area contributed by atoms with E-state index < -0.39 is 35.5 Å². The fourth-order valence-electron chi connectivity index (χ4n) is 6.20. The first-order chi connectivity index (χ1) is 21.9. The number of amides is 2. The predicted octanol–water partition coefficient (Wildman–Crippen LogP) is 5.65. The van der Waals surface area contributed by atoms with Gasteiger partial charge in [0.05, 0.1) is 25.0 Å². The molecule has 0 saturated carbocycles. The van der Waals surface area contributed by atoms with Gasteiger partial charge in [-0.1, -0.05) is 43.7 Å². The van der Waals surface area contributed by atoms with Crippen molar-refractivity contribution in [3.8, 4) is 5.75 Å². The van der Waals surface area contributed by atoms with Crippen molar-refractivity contribution < 1.29 is 32.6 Å². The van der Waals surface area contributed by atoms with Gasteiger partial charge < -0.3 is 19.5 Å². The summed E-state index contributed by atoms with van der Waals surface area (Å²) in [5.74, 6) is -1.01. The zero-order valence-electron chi connectivity index (χ0n) is 25.4. The molecule has 2 aliphatic heterocycles. The number of hydrogen-bond donors (Lipinski definition) is 1. The Kier molecular flexibility index (Phi) is 10.8. The summed E-state index contributed by atoms with van der Waals surface area (Å²) >= 11 is 0. The van der Waals surface area contributed by atoms with Crippen molar-refractivity contribution >= 4 is 12.2 Å². The van der Waals surface area contributed by atoms with Crippen molar-refractivity contribution in [2.75, 3.05) is 32.8 Å². The first-order valence-electron chi connectivity index (χ1n) is 15.4. The van der Waals surface area contributed by atoms with E-state index in [1.165, 1.54) is 24.8 Å². The zero-order chi connectivity index (χ0) is 31.6. The first kappa shape index (κ1) is 32.1. The Morgan fingerprint density at radius 3 is 2.62 bits per heavy atom. The number of carbonyl (C=O) groups excluding carboxylic acids is 2. The van der Waals surface area contributed by atoms with Crippen LogP contribution in [0.15, 0.2) is 67.3 Å². The average Bonchev–Trinajstić information content (AvgIpc) is 3.56. The monoisotopic (exact) mass is 623 g/mol. The Balaban J connectivity index is 1.50. The van der Waals surface area contributed by atoms with E-state index in [0.29, 0.717) is 44.5 Å². The fraction of sp³-hybridized carbons (Fsp3) is 0.455. The Labute approximate surface area is 261 Å². The van der Waals surface area contributed by atoms with Crippen LogP contribution in [0.4, 0.5) is 18.4 Å². The molecule has 0 spiro atoms. The number of nitrogens with zero attached hydrogens (tertiary/aromatic N) is 4. The van der Waals surface area contributed by atoms with Crippen molar-refractivity contribution in [1.82, 2.24) is 25.1 Å². The molecule has 10 nitrogen and oxygen atoms in total. The van der Waals surface area contributed by atoms with Crippen LogP contribution in [0.1, 0.15) is 56.1 Å². The van der Waals surface area contributed by atoms with E-state index in [0.717, 1.165) is 24.1 Å². The molecule has 0 bridgehead atoms. The molecule has 0 radical (unpaired) electrons. The molecule has 3 heterocycles. The summed E-state index contributed by atoms with van der Waals surface area (Å²) in [6, 6.07) is 12.1. The highest BCUT2D eigenvalue weighted by atomic mass is 19.1. The van der Waals surface area contributed by atoms with E-state index in [1.807, 2.05) is 42.2 Å². The molecule has 240 valence electrons. The summed E-state index contributed by atoms with van der Waals surface area (Å²) in [5, 5.41) is 3.02. The second-order valence-electron chi connectivity index (χ2n) is 11.4. The first-order valence-corrected chi connectivity index (χ1v) is 15.4. The van der Waals surface area contributed by atoms with E-state index in [9.17, 15) is 18.4 Å². The summed E-state index contributed by atoms with van der Waals surface area (Å²) in [6.45, 7) is 3.24. The van der Waals surface area contributed by atoms with E-state index in [4.69, 9.17) is 14.2 Å². The quantitative estimate of drug-likeness (QED) is 0.274. The second kappa shape index (κ2) is 15.1. The number of piperidine rings is 1. The highest BCUT2D eigenvalue weighted by molar-refractivity contribution is 5.71. The van der Waals surface area contributed by atoms with Crippen LogP contribution in [0.2, 0.25) is 0 Å². The molecule has 12 heteroatoms. The zero-order valence-corrected chi connectivity index (χ0v) is 25.4. The molecule has 1 aromatic heterocycles. The van der Waals surface area contributed by atoms with Crippen LogP contribution in [-0.2, 0) is 16.1 Å². The van der Waals surface area contributed by atoms with Gasteiger partial charge in [-0.15, -0.1) is 0 Å². The van der Waals surface area contributed by atoms with Crippen LogP contribution in [0.5, 0.6) is 5.75 Å². The van der Waals surface area contributed by atoms with Crippen molar-refractivity contribution in [3.05, 3.63) is 90.0 Å². The maximum atomic E-state index is 14.9. The highest BCUT2D eigenvalue weighted by Crippen LogP contribution is 2.40. The lowest BCUT2D eigenvalue weighted by Crippen LogP contribution is -2.76. The number of nitrogens with one attached hydrogen (secondary N) is 1. The van der Waals surface area contributed by atoms with Gasteiger partial charge in [0.1, 0.15) is 31.2 Å². The minimum absolute atomic E-state index is 0.0495. The number of benzene rings is 2. The number of carbonyl (C=O) groups is 2. The van der Waals surface area contributed by atoms with Gasteiger partial charge in [0.25, 0.3) is 0 Å². The molecule has 2 fully saturated rings. The van der Waals surface area contributed by atoms with Crippen molar-refractivity contribution in [3.63, 3.8) is 0 Å². The lowest BCUT2D eigenvalue weighted by atomic mass is 9.88. The van der Waals surface area contributed by atoms with E-state index in [-0.39, 0.29) is 37.8 Å². The summed E-state index contributed by atoms with van der Waals surface area (Å²) < 4.78 is 46.7. The smallest absolute Gasteiger partial charge is 0.411 e. The second-order valence-corrected chi connectivity index (χ2v) is 11.4. The molecular weight excluding hydrogens is 584 g/mol. The third-order valence-corrected chi connectivity index (χ3v) is 8.47. The van der Waals surface area contributed by atoms with Crippen LogP contribution in [-0.4, -0.2) is 76.5 Å². The highest BCUT2D eigenvalue weighted by Gasteiger charge is 2.56.